The van der Waals surface area contributed by atoms with E-state index in [0.717, 1.165) is 12.0 Å². The highest BCUT2D eigenvalue weighted by molar-refractivity contribution is 5.37. The predicted molar refractivity (Wildman–Crippen MR) is 54.9 cm³/mol. The van der Waals surface area contributed by atoms with E-state index in [2.05, 4.69) is 24.8 Å². The molecule has 0 saturated heterocycles. The second kappa shape index (κ2) is 4.55. The van der Waals surface area contributed by atoms with Gasteiger partial charge in [0.1, 0.15) is 0 Å². The largest absolute Gasteiger partial charge is 0.0955 e. The van der Waals surface area contributed by atoms with E-state index in [0.29, 0.717) is 0 Å². The minimum Gasteiger partial charge on any atom is -0.0955 e. The van der Waals surface area contributed by atoms with E-state index < -0.39 is 0 Å². The van der Waals surface area contributed by atoms with Crippen LogP contribution in [-0.2, 0) is 0 Å². The summed E-state index contributed by atoms with van der Waals surface area (Å²) in [6, 6.07) is 0. The average molecular weight is 158 g/mol. The van der Waals surface area contributed by atoms with Crippen molar-refractivity contribution in [2.75, 3.05) is 0 Å². The quantitative estimate of drug-likeness (QED) is 0.547. The zero-order chi connectivity index (χ0) is 8.81. The van der Waals surface area contributed by atoms with E-state index in [1.807, 2.05) is 31.2 Å². The Hall–Kier alpha value is -1.30. The lowest BCUT2D eigenvalue weighted by Crippen LogP contribution is -1.78. The summed E-state index contributed by atoms with van der Waals surface area (Å²) in [5.41, 5.74) is 2.47. The van der Waals surface area contributed by atoms with Gasteiger partial charge in [0.05, 0.1) is 0 Å². The fourth-order valence-corrected chi connectivity index (χ4v) is 1.09. The molecule has 0 N–H and O–H groups in total. The molecule has 0 amide bonds. The molecule has 0 aliphatic heterocycles. The first-order chi connectivity index (χ1) is 5.83. The van der Waals surface area contributed by atoms with Gasteiger partial charge in [-0.3, -0.25) is 0 Å². The Morgan fingerprint density at radius 2 is 2.08 bits per heavy atom. The van der Waals surface area contributed by atoms with Gasteiger partial charge in [-0.25, -0.2) is 0 Å². The zero-order valence-electron chi connectivity index (χ0n) is 7.46. The molecular formula is C12H14. The summed E-state index contributed by atoms with van der Waals surface area (Å²) < 4.78 is 0. The highest BCUT2D eigenvalue weighted by atomic mass is 14.0. The van der Waals surface area contributed by atoms with Crippen molar-refractivity contribution in [3.63, 3.8) is 0 Å². The van der Waals surface area contributed by atoms with Crippen molar-refractivity contribution in [3.05, 3.63) is 60.3 Å². The monoisotopic (exact) mass is 158 g/mol. The summed E-state index contributed by atoms with van der Waals surface area (Å²) >= 11 is 0. The third-order valence-electron chi connectivity index (χ3n) is 1.69. The smallest absolute Gasteiger partial charge is 0.00316 e. The van der Waals surface area contributed by atoms with Crippen LogP contribution in [0.2, 0.25) is 0 Å². The molecule has 0 fully saturated rings. The van der Waals surface area contributed by atoms with Gasteiger partial charge in [0.2, 0.25) is 0 Å². The maximum atomic E-state index is 3.94. The molecule has 0 atom stereocenters. The van der Waals surface area contributed by atoms with Gasteiger partial charge in [-0.1, -0.05) is 54.7 Å². The fourth-order valence-electron chi connectivity index (χ4n) is 1.09. The van der Waals surface area contributed by atoms with Gasteiger partial charge in [-0.05, 0) is 18.9 Å². The van der Waals surface area contributed by atoms with Crippen LogP contribution in [0.15, 0.2) is 60.3 Å². The molecule has 0 heterocycles. The third-order valence-corrected chi connectivity index (χ3v) is 1.69. The van der Waals surface area contributed by atoms with E-state index in [1.165, 1.54) is 5.57 Å². The second-order valence-corrected chi connectivity index (χ2v) is 2.82. The first kappa shape index (κ1) is 8.79. The highest BCUT2D eigenvalue weighted by Gasteiger charge is 1.95. The molecule has 0 spiro atoms. The maximum Gasteiger partial charge on any atom is -0.00316 e. The first-order valence-corrected chi connectivity index (χ1v) is 4.17. The topological polar surface area (TPSA) is 0 Å². The zero-order valence-corrected chi connectivity index (χ0v) is 7.46. The van der Waals surface area contributed by atoms with E-state index in [1.54, 1.807) is 0 Å². The van der Waals surface area contributed by atoms with Crippen molar-refractivity contribution in [2.24, 2.45) is 0 Å². The molecule has 0 heteroatoms. The van der Waals surface area contributed by atoms with Crippen LogP contribution in [0.25, 0.3) is 0 Å². The molecule has 1 aliphatic rings. The lowest BCUT2D eigenvalue weighted by Gasteiger charge is -1.97. The Morgan fingerprint density at radius 3 is 2.83 bits per heavy atom. The molecule has 1 aliphatic carbocycles. The molecule has 0 nitrogen and oxygen atoms in total. The van der Waals surface area contributed by atoms with Gasteiger partial charge in [0.15, 0.2) is 0 Å². The second-order valence-electron chi connectivity index (χ2n) is 2.82. The Balaban J connectivity index is 2.74. The molecule has 0 radical (unpaired) electrons. The molecule has 0 bridgehead atoms. The van der Waals surface area contributed by atoms with Crippen molar-refractivity contribution in [1.82, 2.24) is 0 Å². The molecule has 0 unspecified atom stereocenters. The van der Waals surface area contributed by atoms with Crippen molar-refractivity contribution in [1.29, 1.82) is 0 Å². The molecule has 0 aromatic carbocycles. The van der Waals surface area contributed by atoms with E-state index >= 15 is 0 Å². The number of rotatable bonds is 1. The van der Waals surface area contributed by atoms with Crippen molar-refractivity contribution in [2.45, 2.75) is 13.3 Å². The first-order valence-electron chi connectivity index (χ1n) is 4.17. The Bertz CT molecular complexity index is 272. The van der Waals surface area contributed by atoms with Crippen molar-refractivity contribution in [3.8, 4) is 0 Å². The maximum absolute atomic E-state index is 3.94. The van der Waals surface area contributed by atoms with Crippen LogP contribution >= 0.6 is 0 Å². The van der Waals surface area contributed by atoms with Gasteiger partial charge in [0.25, 0.3) is 0 Å². The van der Waals surface area contributed by atoms with Gasteiger partial charge in [-0.2, -0.15) is 0 Å². The molecule has 12 heavy (non-hydrogen) atoms. The SMILES string of the molecule is C=C1C=CC=C/C(=C/C=C\C)C1. The normalized spacial score (nSPS) is 20.8. The van der Waals surface area contributed by atoms with Gasteiger partial charge >= 0.3 is 0 Å². The number of allylic oxidation sites excluding steroid dienone is 9. The molecule has 62 valence electrons. The van der Waals surface area contributed by atoms with Crippen LogP contribution in [0.4, 0.5) is 0 Å². The van der Waals surface area contributed by atoms with E-state index in [9.17, 15) is 0 Å². The van der Waals surface area contributed by atoms with Gasteiger partial charge in [0, 0.05) is 0 Å². The molecule has 0 aromatic rings. The van der Waals surface area contributed by atoms with E-state index in [4.69, 9.17) is 0 Å². The summed E-state index contributed by atoms with van der Waals surface area (Å²) in [4.78, 5) is 0. The van der Waals surface area contributed by atoms with Crippen molar-refractivity contribution >= 4 is 0 Å². The Kier molecular flexibility index (Phi) is 3.34. The Labute approximate surface area is 74.3 Å². The fraction of sp³-hybridized carbons (Fsp3) is 0.167. The average Bonchev–Trinajstić information content (AvgIpc) is 2.26. The number of hydrogen-bond donors (Lipinski definition) is 0. The van der Waals surface area contributed by atoms with Crippen LogP contribution in [0.5, 0.6) is 0 Å². The van der Waals surface area contributed by atoms with Crippen LogP contribution < -0.4 is 0 Å². The van der Waals surface area contributed by atoms with Crippen LogP contribution in [0.3, 0.4) is 0 Å². The minimum absolute atomic E-state index is 0.956. The van der Waals surface area contributed by atoms with Gasteiger partial charge in [-0.15, -0.1) is 0 Å². The molecule has 0 aromatic heterocycles. The Morgan fingerprint density at radius 1 is 1.33 bits per heavy atom. The molecular weight excluding hydrogens is 144 g/mol. The summed E-state index contributed by atoms with van der Waals surface area (Å²) in [5.74, 6) is 0. The molecule has 0 saturated carbocycles. The standard InChI is InChI=1S/C12H14/c1-3-4-8-12-9-6-5-7-11(2)10-12/h3-9H,2,10H2,1H3/b4-3-,12-8-. The summed E-state index contributed by atoms with van der Waals surface area (Å²) in [5, 5.41) is 0. The van der Waals surface area contributed by atoms with Crippen molar-refractivity contribution < 1.29 is 0 Å². The minimum atomic E-state index is 0.956. The molecule has 1 rings (SSSR count). The summed E-state index contributed by atoms with van der Waals surface area (Å²) in [6.07, 6.45) is 15.4. The highest BCUT2D eigenvalue weighted by Crippen LogP contribution is 2.15. The van der Waals surface area contributed by atoms with Crippen LogP contribution in [0, 0.1) is 0 Å². The predicted octanol–water partition coefficient (Wildman–Crippen LogP) is 3.56. The lowest BCUT2D eigenvalue weighted by atomic mass is 10.1. The van der Waals surface area contributed by atoms with Crippen LogP contribution in [0.1, 0.15) is 13.3 Å². The third kappa shape index (κ3) is 2.75. The van der Waals surface area contributed by atoms with Gasteiger partial charge < -0.3 is 0 Å². The number of hydrogen-bond acceptors (Lipinski definition) is 0. The van der Waals surface area contributed by atoms with Crippen LogP contribution in [-0.4, -0.2) is 0 Å². The summed E-state index contributed by atoms with van der Waals surface area (Å²) in [7, 11) is 0. The lowest BCUT2D eigenvalue weighted by molar-refractivity contribution is 1.23. The summed E-state index contributed by atoms with van der Waals surface area (Å²) in [6.45, 7) is 5.96. The van der Waals surface area contributed by atoms with E-state index in [-0.39, 0.29) is 0 Å².